The summed E-state index contributed by atoms with van der Waals surface area (Å²) in [6, 6.07) is 13.8. The Bertz CT molecular complexity index is 1720. The first-order chi connectivity index (χ1) is 20.5. The summed E-state index contributed by atoms with van der Waals surface area (Å²) in [5.74, 6) is 1.04. The van der Waals surface area contributed by atoms with Gasteiger partial charge in [0.1, 0.15) is 5.00 Å². The van der Waals surface area contributed by atoms with Crippen molar-refractivity contribution in [2.75, 3.05) is 16.4 Å². The number of benzene rings is 2. The summed E-state index contributed by atoms with van der Waals surface area (Å²) in [6.07, 6.45) is 5.37. The zero-order valence-electron chi connectivity index (χ0n) is 22.2. The number of carbonyl (C=O) groups excluding carboxylic acids is 2. The van der Waals surface area contributed by atoms with Gasteiger partial charge in [0, 0.05) is 31.6 Å². The Kier molecular flexibility index (Phi) is 7.78. The van der Waals surface area contributed by atoms with Crippen LogP contribution in [-0.4, -0.2) is 43.0 Å². The monoisotopic (exact) mass is 654 g/mol. The summed E-state index contributed by atoms with van der Waals surface area (Å²) < 4.78 is 2.06. The summed E-state index contributed by atoms with van der Waals surface area (Å²) in [5.41, 5.74) is 7.11. The number of aromatic nitrogens is 3. The summed E-state index contributed by atoms with van der Waals surface area (Å²) in [6.45, 7) is 0. The van der Waals surface area contributed by atoms with Crippen molar-refractivity contribution in [2.45, 2.75) is 43.4 Å². The van der Waals surface area contributed by atoms with E-state index in [1.54, 1.807) is 59.9 Å². The van der Waals surface area contributed by atoms with Gasteiger partial charge in [-0.3, -0.25) is 19.9 Å². The minimum Gasteiger partial charge on any atom is -0.293 e. The predicted molar refractivity (Wildman–Crippen MR) is 171 cm³/mol. The van der Waals surface area contributed by atoms with Gasteiger partial charge in [-0.1, -0.05) is 53.1 Å². The minimum atomic E-state index is -0.225. The maximum Gasteiger partial charge on any atom is 0.241 e. The number of hydrazone groups is 1. The van der Waals surface area contributed by atoms with Gasteiger partial charge in [0.25, 0.3) is 0 Å². The molecule has 0 amide bonds. The number of aryl methyl sites for hydroxylation is 1. The van der Waals surface area contributed by atoms with Crippen LogP contribution < -0.4 is 10.3 Å². The molecule has 0 spiro atoms. The molecule has 2 aliphatic heterocycles. The van der Waals surface area contributed by atoms with E-state index in [0.717, 1.165) is 24.3 Å². The van der Waals surface area contributed by atoms with E-state index < -0.39 is 0 Å². The van der Waals surface area contributed by atoms with E-state index in [2.05, 4.69) is 25.3 Å². The lowest BCUT2D eigenvalue weighted by Crippen LogP contribution is -2.38. The maximum absolute atomic E-state index is 13.0. The number of thiophene rings is 1. The lowest BCUT2D eigenvalue weighted by atomic mass is 10.0. The number of anilines is 1. The molecule has 7 rings (SSSR count). The number of Topliss-reactive ketones (excluding diaryl/α,β-unsaturated/α-hetero) is 2. The van der Waals surface area contributed by atoms with E-state index in [9.17, 15) is 9.59 Å². The van der Waals surface area contributed by atoms with Crippen molar-refractivity contribution in [2.24, 2.45) is 5.10 Å². The number of amidine groups is 1. The van der Waals surface area contributed by atoms with Crippen LogP contribution in [-0.2, 0) is 12.8 Å². The first kappa shape index (κ1) is 28.0. The Labute approximate surface area is 264 Å². The molecule has 2 aromatic heterocycles. The second kappa shape index (κ2) is 11.7. The number of halogens is 2. The third-order valence-corrected chi connectivity index (χ3v) is 11.2. The molecule has 42 heavy (non-hydrogen) atoms. The highest BCUT2D eigenvalue weighted by atomic mass is 35.5. The van der Waals surface area contributed by atoms with Crippen molar-refractivity contribution in [3.05, 3.63) is 85.7 Å². The van der Waals surface area contributed by atoms with Crippen molar-refractivity contribution >= 4 is 80.7 Å². The van der Waals surface area contributed by atoms with Crippen LogP contribution in [0.5, 0.6) is 0 Å². The molecule has 0 saturated carbocycles. The molecular weight excluding hydrogens is 631 g/mol. The molecule has 0 bridgehead atoms. The Morgan fingerprint density at radius 3 is 2.21 bits per heavy atom. The average Bonchev–Trinajstić information content (AvgIpc) is 3.66. The number of fused-ring (bicyclic) bond motifs is 8. The number of thioether (sulfide) groups is 2. The molecule has 214 valence electrons. The standard InChI is InChI=1S/C29H24Cl2N6O2S3/c30-18-10-6-16(7-11-18)21(38)14-40-28-34-32-25-24-20-4-2-1-3-5-23(20)42-26(24)37-27(36(25)28)33-35-29(37)41-15-22(39)17-8-12-19(31)13-9-17/h6-13,25,32H,1-5,14-15H2. The first-order valence-electron chi connectivity index (χ1n) is 13.5. The van der Waals surface area contributed by atoms with Crippen molar-refractivity contribution in [3.63, 3.8) is 0 Å². The molecule has 0 saturated heterocycles. The Hall–Kier alpha value is -2.83. The fourth-order valence-corrected chi connectivity index (χ4v) is 8.85. The van der Waals surface area contributed by atoms with Gasteiger partial charge in [0.15, 0.2) is 28.1 Å². The maximum atomic E-state index is 13.0. The smallest absolute Gasteiger partial charge is 0.241 e. The highest BCUT2D eigenvalue weighted by Crippen LogP contribution is 2.49. The van der Waals surface area contributed by atoms with E-state index in [0.29, 0.717) is 37.4 Å². The third kappa shape index (κ3) is 5.15. The quantitative estimate of drug-likeness (QED) is 0.127. The molecule has 2 aromatic carbocycles. The van der Waals surface area contributed by atoms with Gasteiger partial charge in [0.2, 0.25) is 5.95 Å². The molecule has 1 aliphatic carbocycles. The van der Waals surface area contributed by atoms with Crippen LogP contribution in [0, 0.1) is 0 Å². The van der Waals surface area contributed by atoms with Crippen molar-refractivity contribution in [1.82, 2.24) is 20.2 Å². The second-order valence-corrected chi connectivity index (χ2v) is 14.0. The van der Waals surface area contributed by atoms with E-state index in [4.69, 9.17) is 23.2 Å². The second-order valence-electron chi connectivity index (χ2n) is 10.1. The van der Waals surface area contributed by atoms with E-state index >= 15 is 0 Å². The SMILES string of the molecule is O=C(CSC1=NNC2c3c(sc4c3CCCCC4)-n3c(SCC(=O)c4ccc(Cl)cc4)nnc3N12)c1ccc(Cl)cc1. The van der Waals surface area contributed by atoms with Gasteiger partial charge in [-0.2, -0.15) is 5.10 Å². The van der Waals surface area contributed by atoms with Gasteiger partial charge < -0.3 is 0 Å². The summed E-state index contributed by atoms with van der Waals surface area (Å²) in [4.78, 5) is 29.4. The van der Waals surface area contributed by atoms with Crippen LogP contribution in [0.25, 0.3) is 5.00 Å². The fourth-order valence-electron chi connectivity index (χ4n) is 5.42. The number of hydrogen-bond acceptors (Lipinski definition) is 10. The summed E-state index contributed by atoms with van der Waals surface area (Å²) in [5, 5.41) is 17.4. The number of hydrogen-bond donors (Lipinski definition) is 1. The third-order valence-electron chi connectivity index (χ3n) is 7.49. The van der Waals surface area contributed by atoms with Crippen molar-refractivity contribution < 1.29 is 9.59 Å². The van der Waals surface area contributed by atoms with E-state index in [1.807, 2.05) is 4.90 Å². The van der Waals surface area contributed by atoms with Crippen LogP contribution >= 0.6 is 58.1 Å². The van der Waals surface area contributed by atoms with Crippen molar-refractivity contribution in [3.8, 4) is 5.00 Å². The lowest BCUT2D eigenvalue weighted by Gasteiger charge is -2.31. The lowest BCUT2D eigenvalue weighted by molar-refractivity contribution is 0.101. The first-order valence-corrected chi connectivity index (χ1v) is 17.1. The molecule has 0 fully saturated rings. The normalized spacial score (nSPS) is 17.0. The molecule has 1 atom stereocenters. The van der Waals surface area contributed by atoms with Gasteiger partial charge in [-0.15, -0.1) is 21.5 Å². The number of nitrogens with one attached hydrogen (secondary N) is 1. The highest BCUT2D eigenvalue weighted by Gasteiger charge is 2.44. The van der Waals surface area contributed by atoms with Gasteiger partial charge >= 0.3 is 0 Å². The van der Waals surface area contributed by atoms with Crippen LogP contribution in [0.2, 0.25) is 10.0 Å². The molecule has 4 aromatic rings. The van der Waals surface area contributed by atoms with E-state index in [1.165, 1.54) is 52.4 Å². The number of carbonyl (C=O) groups is 2. The molecule has 3 aliphatic rings. The largest absolute Gasteiger partial charge is 0.293 e. The fraction of sp³-hybridized carbons (Fsp3) is 0.276. The van der Waals surface area contributed by atoms with E-state index in [-0.39, 0.29) is 29.2 Å². The van der Waals surface area contributed by atoms with Crippen molar-refractivity contribution in [1.29, 1.82) is 0 Å². The van der Waals surface area contributed by atoms with Crippen LogP contribution in [0.15, 0.2) is 58.8 Å². The predicted octanol–water partition coefficient (Wildman–Crippen LogP) is 7.19. The van der Waals surface area contributed by atoms with Gasteiger partial charge in [-0.25, -0.2) is 4.57 Å². The number of nitrogens with zero attached hydrogens (tertiary/aromatic N) is 5. The highest BCUT2D eigenvalue weighted by molar-refractivity contribution is 8.14. The number of rotatable bonds is 7. The molecule has 1 unspecified atom stereocenters. The topological polar surface area (TPSA) is 92.5 Å². The Morgan fingerprint density at radius 1 is 0.881 bits per heavy atom. The Morgan fingerprint density at radius 2 is 1.52 bits per heavy atom. The molecule has 8 nitrogen and oxygen atoms in total. The molecular formula is C29H24Cl2N6O2S3. The molecule has 1 N–H and O–H groups in total. The van der Waals surface area contributed by atoms with Crippen LogP contribution in [0.3, 0.4) is 0 Å². The molecule has 13 heteroatoms. The zero-order chi connectivity index (χ0) is 28.8. The van der Waals surface area contributed by atoms with Crippen LogP contribution in [0.4, 0.5) is 5.95 Å². The molecule has 4 heterocycles. The average molecular weight is 656 g/mol. The minimum absolute atomic E-state index is 0.00811. The summed E-state index contributed by atoms with van der Waals surface area (Å²) in [7, 11) is 0. The Balaban J connectivity index is 1.20. The zero-order valence-corrected chi connectivity index (χ0v) is 26.1. The molecule has 0 radical (unpaired) electrons. The van der Waals surface area contributed by atoms with Gasteiger partial charge in [0.05, 0.1) is 11.5 Å². The number of ketones is 2. The van der Waals surface area contributed by atoms with Crippen LogP contribution in [0.1, 0.15) is 62.1 Å². The van der Waals surface area contributed by atoms with Gasteiger partial charge in [-0.05, 0) is 79.8 Å². The summed E-state index contributed by atoms with van der Waals surface area (Å²) >= 11 is 16.5.